The quantitative estimate of drug-likeness (QED) is 0.745. The number of aryl methyl sites for hydroxylation is 1. The predicted molar refractivity (Wildman–Crippen MR) is 102 cm³/mol. The first-order valence-corrected chi connectivity index (χ1v) is 9.06. The third-order valence-corrected chi connectivity index (χ3v) is 4.73. The van der Waals surface area contributed by atoms with Gasteiger partial charge in [0, 0.05) is 17.9 Å². The van der Waals surface area contributed by atoms with Crippen molar-refractivity contribution in [2.75, 3.05) is 11.9 Å². The number of fused-ring (bicyclic) bond motifs is 1. The monoisotopic (exact) mass is 383 g/mol. The summed E-state index contributed by atoms with van der Waals surface area (Å²) < 4.78 is 7.12. The molecule has 0 unspecified atom stereocenters. The van der Waals surface area contributed by atoms with Crippen LogP contribution in [-0.2, 0) is 4.79 Å². The second-order valence-electron chi connectivity index (χ2n) is 6.28. The predicted octanol–water partition coefficient (Wildman–Crippen LogP) is 3.50. The Morgan fingerprint density at radius 3 is 2.67 bits per heavy atom. The van der Waals surface area contributed by atoms with Crippen molar-refractivity contribution in [2.24, 2.45) is 0 Å². The van der Waals surface area contributed by atoms with E-state index in [1.165, 1.54) is 0 Å². The molecule has 1 aliphatic heterocycles. The first kappa shape index (κ1) is 17.5. The number of carbonyl (C=O) groups is 1. The van der Waals surface area contributed by atoms with Crippen LogP contribution in [0.1, 0.15) is 36.1 Å². The van der Waals surface area contributed by atoms with E-state index in [2.05, 4.69) is 20.6 Å². The van der Waals surface area contributed by atoms with Crippen molar-refractivity contribution < 1.29 is 9.53 Å². The second kappa shape index (κ2) is 7.00. The summed E-state index contributed by atoms with van der Waals surface area (Å²) in [6.07, 6.45) is 0.361. The third kappa shape index (κ3) is 3.26. The van der Waals surface area contributed by atoms with Crippen molar-refractivity contribution in [3.05, 3.63) is 58.4 Å². The number of rotatable bonds is 4. The Bertz CT molecular complexity index is 983. The van der Waals surface area contributed by atoms with Gasteiger partial charge in [-0.25, -0.2) is 0 Å². The van der Waals surface area contributed by atoms with Crippen LogP contribution in [0.3, 0.4) is 0 Å². The van der Waals surface area contributed by atoms with Crippen molar-refractivity contribution in [3.8, 4) is 11.6 Å². The van der Waals surface area contributed by atoms with Gasteiger partial charge in [-0.1, -0.05) is 23.7 Å². The van der Waals surface area contributed by atoms with Gasteiger partial charge in [0.05, 0.1) is 12.3 Å². The lowest BCUT2D eigenvalue weighted by Crippen LogP contribution is -2.25. The Morgan fingerprint density at radius 1 is 1.22 bits per heavy atom. The smallest absolute Gasteiger partial charge is 0.226 e. The fourth-order valence-electron chi connectivity index (χ4n) is 3.38. The molecule has 1 aliphatic rings. The summed E-state index contributed by atoms with van der Waals surface area (Å²) in [5.74, 6) is 1.78. The minimum Gasteiger partial charge on any atom is -0.494 e. The van der Waals surface area contributed by atoms with Crippen LogP contribution >= 0.6 is 11.6 Å². The SMILES string of the molecule is CCOc1ccc([C@@H]2CC(=O)Nc3c2c(C)nn3-c2ccc(Cl)nn2)cc1. The number of amides is 1. The number of aromatic nitrogens is 4. The highest BCUT2D eigenvalue weighted by atomic mass is 35.5. The van der Waals surface area contributed by atoms with Crippen molar-refractivity contribution in [2.45, 2.75) is 26.2 Å². The molecule has 4 rings (SSSR count). The highest BCUT2D eigenvalue weighted by Crippen LogP contribution is 2.40. The van der Waals surface area contributed by atoms with Crippen molar-refractivity contribution >= 4 is 23.3 Å². The van der Waals surface area contributed by atoms with Crippen LogP contribution in [0.4, 0.5) is 5.82 Å². The molecule has 3 heterocycles. The summed E-state index contributed by atoms with van der Waals surface area (Å²) >= 11 is 5.83. The maximum Gasteiger partial charge on any atom is 0.226 e. The fraction of sp³-hybridized carbons (Fsp3) is 0.263. The Hall–Kier alpha value is -2.93. The maximum absolute atomic E-state index is 12.4. The van der Waals surface area contributed by atoms with Crippen molar-refractivity contribution in [1.82, 2.24) is 20.0 Å². The van der Waals surface area contributed by atoms with E-state index in [9.17, 15) is 4.79 Å². The van der Waals surface area contributed by atoms with Crippen molar-refractivity contribution in [1.29, 1.82) is 0 Å². The van der Waals surface area contributed by atoms with Gasteiger partial charge < -0.3 is 10.1 Å². The summed E-state index contributed by atoms with van der Waals surface area (Å²) in [5, 5.41) is 15.8. The molecule has 7 nitrogen and oxygen atoms in total. The number of nitrogens with zero attached hydrogens (tertiary/aromatic N) is 4. The molecule has 1 N–H and O–H groups in total. The van der Waals surface area contributed by atoms with Crippen LogP contribution in [-0.4, -0.2) is 32.5 Å². The van der Waals surface area contributed by atoms with E-state index in [0.29, 0.717) is 29.8 Å². The van der Waals surface area contributed by atoms with Crippen LogP contribution in [0.5, 0.6) is 5.75 Å². The van der Waals surface area contributed by atoms with Gasteiger partial charge in [-0.3, -0.25) is 4.79 Å². The molecule has 0 bridgehead atoms. The summed E-state index contributed by atoms with van der Waals surface area (Å²) in [5.41, 5.74) is 2.86. The molecule has 0 spiro atoms. The lowest BCUT2D eigenvalue weighted by molar-refractivity contribution is -0.116. The average Bonchev–Trinajstić information content (AvgIpc) is 2.99. The third-order valence-electron chi connectivity index (χ3n) is 4.53. The van der Waals surface area contributed by atoms with Gasteiger partial charge in [0.2, 0.25) is 5.91 Å². The molecule has 138 valence electrons. The van der Waals surface area contributed by atoms with E-state index < -0.39 is 0 Å². The van der Waals surface area contributed by atoms with Gasteiger partial charge in [-0.05, 0) is 43.7 Å². The van der Waals surface area contributed by atoms with E-state index in [1.807, 2.05) is 38.1 Å². The van der Waals surface area contributed by atoms with Gasteiger partial charge in [0.15, 0.2) is 11.0 Å². The summed E-state index contributed by atoms with van der Waals surface area (Å²) in [4.78, 5) is 12.4. The standard InChI is InChI=1S/C19H18ClN5O2/c1-3-27-13-6-4-12(5-7-13)14-10-17(26)21-19-18(14)11(2)24-25(19)16-9-8-15(20)22-23-16/h4-9,14H,3,10H2,1-2H3,(H,21,26)/t14-/m0/s1. The van der Waals surface area contributed by atoms with E-state index in [1.54, 1.807) is 16.8 Å². The van der Waals surface area contributed by atoms with Crippen LogP contribution in [0.2, 0.25) is 5.15 Å². The number of anilines is 1. The molecular weight excluding hydrogens is 366 g/mol. The average molecular weight is 384 g/mol. The molecule has 0 saturated heterocycles. The Kier molecular flexibility index (Phi) is 4.53. The minimum atomic E-state index is -0.0848. The Balaban J connectivity index is 1.78. The molecule has 1 amide bonds. The van der Waals surface area contributed by atoms with E-state index in [0.717, 1.165) is 22.6 Å². The van der Waals surface area contributed by atoms with E-state index in [-0.39, 0.29) is 11.8 Å². The maximum atomic E-state index is 12.4. The number of benzene rings is 1. The zero-order valence-corrected chi connectivity index (χ0v) is 15.7. The van der Waals surface area contributed by atoms with Gasteiger partial charge in [0.1, 0.15) is 11.6 Å². The highest BCUT2D eigenvalue weighted by Gasteiger charge is 2.32. The molecular formula is C19H18ClN5O2. The molecule has 8 heteroatoms. The molecule has 2 aromatic heterocycles. The molecule has 0 saturated carbocycles. The zero-order valence-electron chi connectivity index (χ0n) is 14.9. The van der Waals surface area contributed by atoms with Crippen LogP contribution in [0.25, 0.3) is 5.82 Å². The summed E-state index contributed by atoms with van der Waals surface area (Å²) in [6, 6.07) is 11.2. The Labute approximate surface area is 161 Å². The molecule has 1 atom stereocenters. The molecule has 3 aromatic rings. The van der Waals surface area contributed by atoms with Crippen LogP contribution in [0.15, 0.2) is 36.4 Å². The lowest BCUT2D eigenvalue weighted by Gasteiger charge is -2.24. The number of hydrogen-bond acceptors (Lipinski definition) is 5. The summed E-state index contributed by atoms with van der Waals surface area (Å²) in [7, 11) is 0. The molecule has 1 aromatic carbocycles. The van der Waals surface area contributed by atoms with Crippen molar-refractivity contribution in [3.63, 3.8) is 0 Å². The topological polar surface area (TPSA) is 81.9 Å². The van der Waals surface area contributed by atoms with E-state index >= 15 is 0 Å². The van der Waals surface area contributed by atoms with E-state index in [4.69, 9.17) is 16.3 Å². The zero-order chi connectivity index (χ0) is 19.0. The number of halogens is 1. The number of ether oxygens (including phenoxy) is 1. The first-order valence-electron chi connectivity index (χ1n) is 8.68. The number of hydrogen-bond donors (Lipinski definition) is 1. The molecule has 0 fully saturated rings. The Morgan fingerprint density at radius 2 is 2.00 bits per heavy atom. The first-order chi connectivity index (χ1) is 13.1. The van der Waals surface area contributed by atoms with Crippen LogP contribution in [0, 0.1) is 6.92 Å². The minimum absolute atomic E-state index is 0.0653. The largest absolute Gasteiger partial charge is 0.494 e. The van der Waals surface area contributed by atoms with Gasteiger partial charge >= 0.3 is 0 Å². The fourth-order valence-corrected chi connectivity index (χ4v) is 3.48. The highest BCUT2D eigenvalue weighted by molar-refractivity contribution is 6.29. The second-order valence-corrected chi connectivity index (χ2v) is 6.67. The molecule has 0 aliphatic carbocycles. The van der Waals surface area contributed by atoms with Gasteiger partial charge in [-0.15, -0.1) is 10.2 Å². The lowest BCUT2D eigenvalue weighted by atomic mass is 9.86. The van der Waals surface area contributed by atoms with Crippen LogP contribution < -0.4 is 10.1 Å². The number of carbonyl (C=O) groups excluding carboxylic acids is 1. The summed E-state index contributed by atoms with van der Waals surface area (Å²) in [6.45, 7) is 4.49. The van der Waals surface area contributed by atoms with Gasteiger partial charge in [-0.2, -0.15) is 9.78 Å². The molecule has 0 radical (unpaired) electrons. The normalized spacial score (nSPS) is 16.0. The molecule has 27 heavy (non-hydrogen) atoms. The number of nitrogens with one attached hydrogen (secondary N) is 1. The van der Waals surface area contributed by atoms with Gasteiger partial charge in [0.25, 0.3) is 0 Å².